The minimum atomic E-state index is 0.243. The van der Waals surface area contributed by atoms with Crippen LogP contribution in [0.15, 0.2) is 11.8 Å². The van der Waals surface area contributed by atoms with Crippen molar-refractivity contribution in [1.82, 2.24) is 0 Å². The van der Waals surface area contributed by atoms with Crippen LogP contribution in [0, 0.1) is 11.8 Å². The number of ketones is 1. The standard InChI is InChI=1S/C14H22O2/c1-2-11-6-8-12(9-7-11)14(15)13-5-3-4-10-16-13/h5,11-12H,2-4,6-10H2,1H3. The average molecular weight is 222 g/mol. The first kappa shape index (κ1) is 11.7. The summed E-state index contributed by atoms with van der Waals surface area (Å²) in [5, 5.41) is 0. The molecule has 0 aromatic rings. The lowest BCUT2D eigenvalue weighted by atomic mass is 9.78. The van der Waals surface area contributed by atoms with Gasteiger partial charge in [0.05, 0.1) is 6.61 Å². The van der Waals surface area contributed by atoms with E-state index >= 15 is 0 Å². The van der Waals surface area contributed by atoms with Gasteiger partial charge in [-0.25, -0.2) is 0 Å². The lowest BCUT2D eigenvalue weighted by Gasteiger charge is -2.27. The number of hydrogen-bond acceptors (Lipinski definition) is 2. The van der Waals surface area contributed by atoms with Gasteiger partial charge in [0, 0.05) is 5.92 Å². The van der Waals surface area contributed by atoms with Crippen LogP contribution >= 0.6 is 0 Å². The monoisotopic (exact) mass is 222 g/mol. The van der Waals surface area contributed by atoms with E-state index in [1.807, 2.05) is 6.08 Å². The fourth-order valence-electron chi connectivity index (χ4n) is 2.76. The van der Waals surface area contributed by atoms with Crippen LogP contribution in [0.1, 0.15) is 51.9 Å². The van der Waals surface area contributed by atoms with Gasteiger partial charge in [0.15, 0.2) is 11.5 Å². The first-order valence-electron chi connectivity index (χ1n) is 6.68. The van der Waals surface area contributed by atoms with E-state index in [4.69, 9.17) is 4.74 Å². The van der Waals surface area contributed by atoms with Crippen LogP contribution in [-0.4, -0.2) is 12.4 Å². The molecule has 1 aliphatic carbocycles. The molecule has 1 heterocycles. The van der Waals surface area contributed by atoms with Crippen LogP contribution in [-0.2, 0) is 9.53 Å². The van der Waals surface area contributed by atoms with Gasteiger partial charge in [-0.1, -0.05) is 13.3 Å². The lowest BCUT2D eigenvalue weighted by molar-refractivity contribution is -0.124. The molecule has 0 saturated heterocycles. The molecule has 2 nitrogen and oxygen atoms in total. The molecule has 0 amide bonds. The zero-order chi connectivity index (χ0) is 11.4. The molecule has 0 spiro atoms. The van der Waals surface area contributed by atoms with E-state index < -0.39 is 0 Å². The Kier molecular flexibility index (Phi) is 4.03. The van der Waals surface area contributed by atoms with E-state index in [-0.39, 0.29) is 11.7 Å². The molecule has 2 aliphatic rings. The Balaban J connectivity index is 1.88. The molecule has 1 aliphatic heterocycles. The van der Waals surface area contributed by atoms with E-state index in [0.717, 1.165) is 38.2 Å². The molecule has 1 saturated carbocycles. The second-order valence-electron chi connectivity index (χ2n) is 5.05. The van der Waals surface area contributed by atoms with Crippen LogP contribution in [0.4, 0.5) is 0 Å². The first-order chi connectivity index (χ1) is 7.81. The van der Waals surface area contributed by atoms with E-state index in [1.54, 1.807) is 0 Å². The molecule has 90 valence electrons. The average Bonchev–Trinajstić information content (AvgIpc) is 2.39. The quantitative estimate of drug-likeness (QED) is 0.731. The number of carbonyl (C=O) groups is 1. The summed E-state index contributed by atoms with van der Waals surface area (Å²) in [5.74, 6) is 2.03. The Morgan fingerprint density at radius 2 is 2.12 bits per heavy atom. The third-order valence-electron chi connectivity index (χ3n) is 3.97. The molecule has 0 bridgehead atoms. The van der Waals surface area contributed by atoms with Crippen molar-refractivity contribution >= 4 is 5.78 Å². The third-order valence-corrected chi connectivity index (χ3v) is 3.97. The molecule has 0 unspecified atom stereocenters. The van der Waals surface area contributed by atoms with Gasteiger partial charge in [-0.2, -0.15) is 0 Å². The maximum atomic E-state index is 12.2. The highest BCUT2D eigenvalue weighted by Gasteiger charge is 2.28. The molecular weight excluding hydrogens is 200 g/mol. The van der Waals surface area contributed by atoms with Crippen LogP contribution in [0.2, 0.25) is 0 Å². The Morgan fingerprint density at radius 3 is 2.69 bits per heavy atom. The van der Waals surface area contributed by atoms with Crippen molar-refractivity contribution in [2.75, 3.05) is 6.61 Å². The summed E-state index contributed by atoms with van der Waals surface area (Å²) in [6.07, 6.45) is 9.89. The third kappa shape index (κ3) is 2.66. The summed E-state index contributed by atoms with van der Waals surface area (Å²) in [7, 11) is 0. The SMILES string of the molecule is CCC1CCC(C(=O)C2=CCCCO2)CC1. The van der Waals surface area contributed by atoms with Crippen molar-refractivity contribution in [2.45, 2.75) is 51.9 Å². The van der Waals surface area contributed by atoms with E-state index in [1.165, 1.54) is 19.3 Å². The van der Waals surface area contributed by atoms with Gasteiger partial charge in [0.25, 0.3) is 0 Å². The minimum absolute atomic E-state index is 0.243. The zero-order valence-corrected chi connectivity index (χ0v) is 10.2. The number of ether oxygens (including phenoxy) is 1. The first-order valence-corrected chi connectivity index (χ1v) is 6.68. The van der Waals surface area contributed by atoms with Gasteiger partial charge in [0.1, 0.15) is 0 Å². The fourth-order valence-corrected chi connectivity index (χ4v) is 2.76. The highest BCUT2D eigenvalue weighted by Crippen LogP contribution is 2.33. The topological polar surface area (TPSA) is 26.3 Å². The molecule has 0 aromatic heterocycles. The maximum Gasteiger partial charge on any atom is 0.200 e. The highest BCUT2D eigenvalue weighted by atomic mass is 16.5. The molecule has 2 heteroatoms. The summed E-state index contributed by atoms with van der Waals surface area (Å²) >= 11 is 0. The molecule has 0 radical (unpaired) electrons. The molecule has 0 N–H and O–H groups in total. The molecule has 1 fully saturated rings. The molecule has 0 aromatic carbocycles. The number of Topliss-reactive ketones (excluding diaryl/α,β-unsaturated/α-hetero) is 1. The van der Waals surface area contributed by atoms with Crippen molar-refractivity contribution in [3.63, 3.8) is 0 Å². The van der Waals surface area contributed by atoms with Crippen LogP contribution in [0.5, 0.6) is 0 Å². The maximum absolute atomic E-state index is 12.2. The molecule has 2 rings (SSSR count). The van der Waals surface area contributed by atoms with E-state index in [0.29, 0.717) is 5.76 Å². The number of hydrogen-bond donors (Lipinski definition) is 0. The summed E-state index contributed by atoms with van der Waals surface area (Å²) < 4.78 is 5.46. The number of carbonyl (C=O) groups excluding carboxylic acids is 1. The predicted octanol–water partition coefficient (Wildman–Crippen LogP) is 3.47. The number of rotatable bonds is 3. The summed E-state index contributed by atoms with van der Waals surface area (Å²) in [5.41, 5.74) is 0. The second kappa shape index (κ2) is 5.51. The van der Waals surface area contributed by atoms with Gasteiger partial charge in [-0.3, -0.25) is 4.79 Å². The van der Waals surface area contributed by atoms with Crippen LogP contribution in [0.3, 0.4) is 0 Å². The van der Waals surface area contributed by atoms with E-state index in [2.05, 4.69) is 6.92 Å². The Bertz CT molecular complexity index is 272. The molecular formula is C14H22O2. The summed E-state index contributed by atoms with van der Waals surface area (Å²) in [4.78, 5) is 12.2. The van der Waals surface area contributed by atoms with Gasteiger partial charge < -0.3 is 4.74 Å². The second-order valence-corrected chi connectivity index (χ2v) is 5.05. The Hall–Kier alpha value is -0.790. The fraction of sp³-hybridized carbons (Fsp3) is 0.786. The van der Waals surface area contributed by atoms with Crippen LogP contribution < -0.4 is 0 Å². The minimum Gasteiger partial charge on any atom is -0.490 e. The normalized spacial score (nSPS) is 30.4. The van der Waals surface area contributed by atoms with Gasteiger partial charge in [-0.15, -0.1) is 0 Å². The van der Waals surface area contributed by atoms with Crippen molar-refractivity contribution < 1.29 is 9.53 Å². The molecule has 16 heavy (non-hydrogen) atoms. The van der Waals surface area contributed by atoms with Crippen molar-refractivity contribution in [1.29, 1.82) is 0 Å². The van der Waals surface area contributed by atoms with Crippen molar-refractivity contribution in [2.24, 2.45) is 11.8 Å². The van der Waals surface area contributed by atoms with Crippen LogP contribution in [0.25, 0.3) is 0 Å². The Morgan fingerprint density at radius 1 is 1.38 bits per heavy atom. The lowest BCUT2D eigenvalue weighted by Crippen LogP contribution is -2.24. The highest BCUT2D eigenvalue weighted by molar-refractivity contribution is 5.95. The smallest absolute Gasteiger partial charge is 0.200 e. The van der Waals surface area contributed by atoms with E-state index in [9.17, 15) is 4.79 Å². The van der Waals surface area contributed by atoms with Crippen molar-refractivity contribution in [3.8, 4) is 0 Å². The van der Waals surface area contributed by atoms with Gasteiger partial charge >= 0.3 is 0 Å². The largest absolute Gasteiger partial charge is 0.490 e. The predicted molar refractivity (Wildman–Crippen MR) is 64.0 cm³/mol. The Labute approximate surface area is 98.1 Å². The number of allylic oxidation sites excluding steroid dienone is 2. The summed E-state index contributed by atoms with van der Waals surface area (Å²) in [6, 6.07) is 0. The van der Waals surface area contributed by atoms with Crippen molar-refractivity contribution in [3.05, 3.63) is 11.8 Å². The van der Waals surface area contributed by atoms with Gasteiger partial charge in [0.2, 0.25) is 0 Å². The van der Waals surface area contributed by atoms with Gasteiger partial charge in [-0.05, 0) is 50.5 Å². The molecule has 0 atom stereocenters. The zero-order valence-electron chi connectivity index (χ0n) is 10.2. The summed E-state index contributed by atoms with van der Waals surface area (Å²) in [6.45, 7) is 2.97.